The molecule has 6 rings (SSSR count). The number of ether oxygens (including phenoxy) is 1. The molecule has 0 saturated carbocycles. The number of anilines is 1. The first-order valence-corrected chi connectivity index (χ1v) is 15.9. The smallest absolute Gasteiger partial charge is 0.258 e. The first-order valence-electron chi connectivity index (χ1n) is 14.4. The maximum absolute atomic E-state index is 13.6. The van der Waals surface area contributed by atoms with E-state index in [2.05, 4.69) is 6.92 Å². The zero-order valence-electron chi connectivity index (χ0n) is 23.6. The van der Waals surface area contributed by atoms with Gasteiger partial charge in [0.15, 0.2) is 0 Å². The number of benzene rings is 2. The summed E-state index contributed by atoms with van der Waals surface area (Å²) in [4.78, 5) is 30.7. The van der Waals surface area contributed by atoms with E-state index in [1.165, 1.54) is 4.31 Å². The van der Waals surface area contributed by atoms with Crippen molar-refractivity contribution < 1.29 is 22.7 Å². The molecule has 3 aliphatic rings. The molecular weight excluding hydrogens is 540 g/mol. The molecule has 2 saturated heterocycles. The monoisotopic (exact) mass is 576 g/mol. The van der Waals surface area contributed by atoms with Gasteiger partial charge in [0.1, 0.15) is 6.54 Å². The van der Waals surface area contributed by atoms with E-state index in [1.54, 1.807) is 23.1 Å². The summed E-state index contributed by atoms with van der Waals surface area (Å²) in [7, 11) is -3.73. The minimum Gasteiger partial charge on any atom is -0.379 e. The molecule has 1 atom stereocenters. The Balaban J connectivity index is 1.40. The average molecular weight is 577 g/mol. The summed E-state index contributed by atoms with van der Waals surface area (Å²) < 4.78 is 35.6. The number of rotatable bonds is 6. The highest BCUT2D eigenvalue weighted by Gasteiger charge is 2.34. The zero-order valence-corrected chi connectivity index (χ0v) is 24.4. The van der Waals surface area contributed by atoms with E-state index in [0.29, 0.717) is 49.7 Å². The highest BCUT2D eigenvalue weighted by Crippen LogP contribution is 2.40. The Labute approximate surface area is 241 Å². The van der Waals surface area contributed by atoms with Crippen LogP contribution >= 0.6 is 0 Å². The number of likely N-dealkylation sites (tertiary alicyclic amines) is 1. The number of aromatic nitrogens is 1. The van der Waals surface area contributed by atoms with Gasteiger partial charge in [-0.15, -0.1) is 0 Å². The van der Waals surface area contributed by atoms with Gasteiger partial charge in [0.25, 0.3) is 5.91 Å². The largest absolute Gasteiger partial charge is 0.379 e. The van der Waals surface area contributed by atoms with Gasteiger partial charge in [0.05, 0.1) is 23.8 Å². The number of para-hydroxylation sites is 1. The molecule has 3 aromatic rings. The van der Waals surface area contributed by atoms with Gasteiger partial charge in [-0.05, 0) is 63.5 Å². The molecular formula is C31H36N4O5S. The number of carbonyl (C=O) groups excluding carboxylic acids is 2. The fourth-order valence-corrected chi connectivity index (χ4v) is 7.70. The highest BCUT2D eigenvalue weighted by molar-refractivity contribution is 7.89. The van der Waals surface area contributed by atoms with Gasteiger partial charge >= 0.3 is 0 Å². The number of hydrogen-bond acceptors (Lipinski definition) is 5. The number of nitrogens with zero attached hydrogens (tertiary/aromatic N) is 4. The summed E-state index contributed by atoms with van der Waals surface area (Å²) in [6.45, 7) is 6.81. The van der Waals surface area contributed by atoms with E-state index in [1.807, 2.05) is 52.9 Å². The summed E-state index contributed by atoms with van der Waals surface area (Å²) in [6.07, 6.45) is 6.97. The van der Waals surface area contributed by atoms with Crippen LogP contribution < -0.4 is 4.90 Å². The topological polar surface area (TPSA) is 92.2 Å². The fourth-order valence-electron chi connectivity index (χ4n) is 6.27. The normalized spacial score (nSPS) is 21.2. The van der Waals surface area contributed by atoms with Gasteiger partial charge in [0.2, 0.25) is 15.9 Å². The molecule has 2 amide bonds. The van der Waals surface area contributed by atoms with Crippen LogP contribution in [0.2, 0.25) is 0 Å². The lowest BCUT2D eigenvalue weighted by Crippen LogP contribution is -2.43. The van der Waals surface area contributed by atoms with Crippen LogP contribution in [0.1, 0.15) is 44.2 Å². The van der Waals surface area contributed by atoms with Gasteiger partial charge in [-0.1, -0.05) is 18.2 Å². The molecule has 0 bridgehead atoms. The van der Waals surface area contributed by atoms with Crippen LogP contribution in [0.5, 0.6) is 0 Å². The fraction of sp³-hybridized carbons (Fsp3) is 0.419. The second kappa shape index (κ2) is 11.1. The van der Waals surface area contributed by atoms with Crippen molar-refractivity contribution in [1.29, 1.82) is 0 Å². The van der Waals surface area contributed by atoms with Gasteiger partial charge in [-0.25, -0.2) is 8.42 Å². The Hall–Kier alpha value is -3.47. The van der Waals surface area contributed by atoms with Crippen molar-refractivity contribution in [3.05, 3.63) is 59.8 Å². The van der Waals surface area contributed by atoms with Crippen molar-refractivity contribution in [2.45, 2.75) is 50.6 Å². The third kappa shape index (κ3) is 4.98. The molecule has 1 aromatic heterocycles. The van der Waals surface area contributed by atoms with E-state index < -0.39 is 10.0 Å². The molecule has 2 fully saturated rings. The predicted molar refractivity (Wildman–Crippen MR) is 159 cm³/mol. The lowest BCUT2D eigenvalue weighted by atomic mass is 10.0. The molecule has 41 heavy (non-hydrogen) atoms. The number of likely N-dealkylation sites (N-methyl/N-ethyl adjacent to an activating group) is 1. The lowest BCUT2D eigenvalue weighted by molar-refractivity contribution is -0.135. The van der Waals surface area contributed by atoms with Crippen molar-refractivity contribution in [3.63, 3.8) is 0 Å². The number of amides is 2. The molecule has 0 radical (unpaired) electrons. The summed E-state index contributed by atoms with van der Waals surface area (Å²) >= 11 is 0. The van der Waals surface area contributed by atoms with Crippen molar-refractivity contribution >= 4 is 50.1 Å². The molecule has 0 spiro atoms. The molecule has 0 aliphatic carbocycles. The van der Waals surface area contributed by atoms with Crippen LogP contribution in [0, 0.1) is 0 Å². The second-order valence-electron chi connectivity index (χ2n) is 11.0. The first kappa shape index (κ1) is 27.7. The Morgan fingerprint density at radius 3 is 2.61 bits per heavy atom. The number of fused-ring (bicyclic) bond motifs is 2. The minimum absolute atomic E-state index is 0.0922. The standard InChI is InChI=1S/C31H36N4O5S/c1-3-34-29-12-11-24(41(38,39)33-14-16-40-17-15-33)19-26(29)27(31(34)37)18-23-20-32(28-10-5-4-9-25(23)28)21-30(36)35-13-7-6-8-22(35)2/h4-5,9-12,18-20,22H,3,6-8,13-17,21H2,1-2H3/b27-18-/t22-/m0/s1. The second-order valence-corrected chi connectivity index (χ2v) is 12.9. The molecule has 2 aromatic carbocycles. The van der Waals surface area contributed by atoms with Crippen LogP contribution in [0.25, 0.3) is 22.6 Å². The first-order chi connectivity index (χ1) is 19.8. The maximum Gasteiger partial charge on any atom is 0.258 e. The zero-order chi connectivity index (χ0) is 28.7. The molecule has 0 N–H and O–H groups in total. The third-order valence-electron chi connectivity index (χ3n) is 8.50. The quantitative estimate of drug-likeness (QED) is 0.414. The van der Waals surface area contributed by atoms with Gasteiger partial charge < -0.3 is 19.1 Å². The van der Waals surface area contributed by atoms with E-state index in [0.717, 1.165) is 42.3 Å². The molecule has 3 aliphatic heterocycles. The molecule has 9 nitrogen and oxygen atoms in total. The summed E-state index contributed by atoms with van der Waals surface area (Å²) in [6, 6.07) is 13.0. The molecule has 0 unspecified atom stereocenters. The number of hydrogen-bond donors (Lipinski definition) is 0. The minimum atomic E-state index is -3.73. The Bertz CT molecular complexity index is 1640. The summed E-state index contributed by atoms with van der Waals surface area (Å²) in [5.74, 6) is -0.0759. The number of sulfonamides is 1. The Morgan fingerprint density at radius 1 is 1.07 bits per heavy atom. The van der Waals surface area contributed by atoms with Crippen LogP contribution in [0.3, 0.4) is 0 Å². The lowest BCUT2D eigenvalue weighted by Gasteiger charge is -2.33. The van der Waals surface area contributed by atoms with E-state index in [-0.39, 0.29) is 29.3 Å². The molecule has 216 valence electrons. The number of morpholine rings is 1. The SMILES string of the molecule is CCN1C(=O)/C(=C\c2cn(CC(=O)N3CCCC[C@@H]3C)c3ccccc23)c2cc(S(=O)(=O)N3CCOCC3)ccc21. The van der Waals surface area contributed by atoms with E-state index in [4.69, 9.17) is 4.74 Å². The molecule has 10 heteroatoms. The average Bonchev–Trinajstić information content (AvgIpc) is 3.47. The maximum atomic E-state index is 13.6. The Morgan fingerprint density at radius 2 is 1.85 bits per heavy atom. The van der Waals surface area contributed by atoms with Crippen molar-refractivity contribution in [1.82, 2.24) is 13.8 Å². The van der Waals surface area contributed by atoms with Crippen LogP contribution in [0.4, 0.5) is 5.69 Å². The Kier molecular flexibility index (Phi) is 7.48. The van der Waals surface area contributed by atoms with E-state index in [9.17, 15) is 18.0 Å². The van der Waals surface area contributed by atoms with Crippen molar-refractivity contribution in [2.24, 2.45) is 0 Å². The highest BCUT2D eigenvalue weighted by atomic mass is 32.2. The van der Waals surface area contributed by atoms with Gasteiger partial charge in [0, 0.05) is 66.0 Å². The van der Waals surface area contributed by atoms with Gasteiger partial charge in [-0.3, -0.25) is 9.59 Å². The van der Waals surface area contributed by atoms with Crippen LogP contribution in [0.15, 0.2) is 53.6 Å². The summed E-state index contributed by atoms with van der Waals surface area (Å²) in [5.41, 5.74) is 3.47. The number of carbonyl (C=O) groups is 2. The van der Waals surface area contributed by atoms with Gasteiger partial charge in [-0.2, -0.15) is 4.31 Å². The number of piperidine rings is 1. The molecule has 4 heterocycles. The van der Waals surface area contributed by atoms with Crippen LogP contribution in [-0.2, 0) is 30.9 Å². The third-order valence-corrected chi connectivity index (χ3v) is 10.4. The van der Waals surface area contributed by atoms with Crippen molar-refractivity contribution in [3.8, 4) is 0 Å². The summed E-state index contributed by atoms with van der Waals surface area (Å²) in [5, 5.41) is 0.931. The predicted octanol–water partition coefficient (Wildman–Crippen LogP) is 3.97. The van der Waals surface area contributed by atoms with Crippen molar-refractivity contribution in [2.75, 3.05) is 44.3 Å². The van der Waals surface area contributed by atoms with Crippen LogP contribution in [-0.4, -0.2) is 79.4 Å². The van der Waals surface area contributed by atoms with E-state index >= 15 is 0 Å².